The molecule has 1 aliphatic rings. The third-order valence-corrected chi connectivity index (χ3v) is 2.44. The van der Waals surface area contributed by atoms with Crippen molar-refractivity contribution in [3.05, 3.63) is 0 Å². The summed E-state index contributed by atoms with van der Waals surface area (Å²) in [6, 6.07) is 0. The first kappa shape index (κ1) is 16.5. The van der Waals surface area contributed by atoms with Crippen LogP contribution in [0, 0.1) is 0 Å². The Bertz CT molecular complexity index is 443. The van der Waals surface area contributed by atoms with Crippen LogP contribution in [0.3, 0.4) is 0 Å². The standard InChI is InChI=1S/C14H24N2O4/c1-12(2,3)19-10(17)9-8-14(7,16-15-9)11(18)20-13(4,5)6/h16H,8H2,1-7H3. The second kappa shape index (κ2) is 5.07. The molecule has 0 radical (unpaired) electrons. The Kier molecular flexibility index (Phi) is 4.17. The summed E-state index contributed by atoms with van der Waals surface area (Å²) in [7, 11) is 0. The van der Waals surface area contributed by atoms with Gasteiger partial charge >= 0.3 is 11.9 Å². The molecule has 0 saturated carbocycles. The third-order valence-electron chi connectivity index (χ3n) is 2.44. The van der Waals surface area contributed by atoms with E-state index in [1.807, 2.05) is 0 Å². The van der Waals surface area contributed by atoms with Gasteiger partial charge in [0.05, 0.1) is 0 Å². The predicted octanol–water partition coefficient (Wildman–Crippen LogP) is 1.78. The summed E-state index contributed by atoms with van der Waals surface area (Å²) in [4.78, 5) is 24.0. The molecule has 0 aromatic heterocycles. The van der Waals surface area contributed by atoms with E-state index in [1.54, 1.807) is 48.5 Å². The van der Waals surface area contributed by atoms with Gasteiger partial charge in [0.25, 0.3) is 0 Å². The highest BCUT2D eigenvalue weighted by Gasteiger charge is 2.44. The van der Waals surface area contributed by atoms with Crippen LogP contribution in [0.25, 0.3) is 0 Å². The highest BCUT2D eigenvalue weighted by Crippen LogP contribution is 2.23. The van der Waals surface area contributed by atoms with E-state index in [4.69, 9.17) is 9.47 Å². The summed E-state index contributed by atoms with van der Waals surface area (Å²) in [5, 5.41) is 3.92. The van der Waals surface area contributed by atoms with Crippen molar-refractivity contribution in [3.63, 3.8) is 0 Å². The minimum Gasteiger partial charge on any atom is -0.458 e. The number of carbonyl (C=O) groups excluding carboxylic acids is 2. The van der Waals surface area contributed by atoms with Crippen molar-refractivity contribution in [1.29, 1.82) is 0 Å². The SMILES string of the molecule is CC(C)(C)OC(=O)C1=NNC(C)(C(=O)OC(C)(C)C)C1. The van der Waals surface area contributed by atoms with Crippen molar-refractivity contribution >= 4 is 17.7 Å². The van der Waals surface area contributed by atoms with Crippen LogP contribution in [0.15, 0.2) is 5.10 Å². The van der Waals surface area contributed by atoms with Crippen molar-refractivity contribution in [2.45, 2.75) is 71.6 Å². The lowest BCUT2D eigenvalue weighted by atomic mass is 9.96. The Labute approximate surface area is 119 Å². The maximum atomic E-state index is 12.1. The molecule has 0 spiro atoms. The summed E-state index contributed by atoms with van der Waals surface area (Å²) in [6.45, 7) is 12.4. The number of nitrogens with one attached hydrogen (secondary N) is 1. The van der Waals surface area contributed by atoms with Crippen LogP contribution in [0.5, 0.6) is 0 Å². The smallest absolute Gasteiger partial charge is 0.355 e. The summed E-state index contributed by atoms with van der Waals surface area (Å²) in [5.41, 5.74) is 0.679. The first-order chi connectivity index (χ1) is 8.82. The topological polar surface area (TPSA) is 77.0 Å². The number of rotatable bonds is 2. The summed E-state index contributed by atoms with van der Waals surface area (Å²) in [5.74, 6) is -0.954. The van der Waals surface area contributed by atoms with Gasteiger partial charge < -0.3 is 9.47 Å². The zero-order valence-corrected chi connectivity index (χ0v) is 13.3. The Balaban J connectivity index is 2.69. The fourth-order valence-corrected chi connectivity index (χ4v) is 1.57. The number of esters is 2. The number of hydrogen-bond acceptors (Lipinski definition) is 6. The molecule has 0 bridgehead atoms. The van der Waals surface area contributed by atoms with Crippen LogP contribution in [0.1, 0.15) is 54.9 Å². The quantitative estimate of drug-likeness (QED) is 0.782. The van der Waals surface area contributed by atoms with Crippen LogP contribution in [0.2, 0.25) is 0 Å². The number of carbonyl (C=O) groups is 2. The molecule has 1 heterocycles. The van der Waals surface area contributed by atoms with Crippen LogP contribution in [-0.2, 0) is 19.1 Å². The van der Waals surface area contributed by atoms with E-state index >= 15 is 0 Å². The molecular formula is C14H24N2O4. The van der Waals surface area contributed by atoms with Crippen molar-refractivity contribution in [2.24, 2.45) is 5.10 Å². The van der Waals surface area contributed by atoms with Crippen LogP contribution < -0.4 is 5.43 Å². The molecule has 0 aromatic rings. The highest BCUT2D eigenvalue weighted by molar-refractivity contribution is 6.37. The second-order valence-electron chi connectivity index (χ2n) is 7.18. The molecule has 0 aromatic carbocycles. The average Bonchev–Trinajstić information content (AvgIpc) is 2.57. The Morgan fingerprint density at radius 2 is 1.60 bits per heavy atom. The van der Waals surface area contributed by atoms with E-state index in [1.165, 1.54) is 0 Å². The number of nitrogens with zero attached hydrogens (tertiary/aromatic N) is 1. The summed E-state index contributed by atoms with van der Waals surface area (Å²) < 4.78 is 10.6. The fourth-order valence-electron chi connectivity index (χ4n) is 1.57. The molecule has 0 fully saturated rings. The molecule has 6 nitrogen and oxygen atoms in total. The molecule has 20 heavy (non-hydrogen) atoms. The van der Waals surface area contributed by atoms with Crippen molar-refractivity contribution in [3.8, 4) is 0 Å². The van der Waals surface area contributed by atoms with Crippen LogP contribution in [-0.4, -0.2) is 34.4 Å². The van der Waals surface area contributed by atoms with Gasteiger partial charge in [-0.2, -0.15) is 5.10 Å². The Morgan fingerprint density at radius 3 is 2.05 bits per heavy atom. The fraction of sp³-hybridized carbons (Fsp3) is 0.786. The summed E-state index contributed by atoms with van der Waals surface area (Å²) >= 11 is 0. The molecule has 1 unspecified atom stereocenters. The van der Waals surface area contributed by atoms with Gasteiger partial charge in [0.1, 0.15) is 16.9 Å². The zero-order chi connectivity index (χ0) is 15.8. The van der Waals surface area contributed by atoms with Crippen LogP contribution in [0.4, 0.5) is 0 Å². The average molecular weight is 284 g/mol. The van der Waals surface area contributed by atoms with Gasteiger partial charge in [-0.25, -0.2) is 9.59 Å². The third kappa shape index (κ3) is 4.51. The molecule has 1 rings (SSSR count). The van der Waals surface area contributed by atoms with Crippen molar-refractivity contribution < 1.29 is 19.1 Å². The van der Waals surface area contributed by atoms with Gasteiger partial charge in [-0.15, -0.1) is 0 Å². The van der Waals surface area contributed by atoms with Crippen molar-refractivity contribution in [2.75, 3.05) is 0 Å². The molecule has 1 N–H and O–H groups in total. The first-order valence-electron chi connectivity index (χ1n) is 6.63. The van der Waals surface area contributed by atoms with Gasteiger partial charge in [-0.1, -0.05) is 0 Å². The molecule has 114 valence electrons. The van der Waals surface area contributed by atoms with Gasteiger partial charge in [-0.3, -0.25) is 5.43 Å². The lowest BCUT2D eigenvalue weighted by molar-refractivity contribution is -0.161. The lowest BCUT2D eigenvalue weighted by Crippen LogP contribution is -2.48. The van der Waals surface area contributed by atoms with Gasteiger partial charge in [-0.05, 0) is 48.5 Å². The highest BCUT2D eigenvalue weighted by atomic mass is 16.6. The van der Waals surface area contributed by atoms with E-state index in [0.29, 0.717) is 0 Å². The Hall–Kier alpha value is -1.59. The van der Waals surface area contributed by atoms with Gasteiger partial charge in [0.2, 0.25) is 0 Å². The van der Waals surface area contributed by atoms with Crippen molar-refractivity contribution in [1.82, 2.24) is 5.43 Å². The van der Waals surface area contributed by atoms with Gasteiger partial charge in [0, 0.05) is 6.42 Å². The normalized spacial score (nSPS) is 22.9. The number of ether oxygens (including phenoxy) is 2. The molecule has 0 amide bonds. The maximum Gasteiger partial charge on any atom is 0.355 e. The largest absolute Gasteiger partial charge is 0.458 e. The van der Waals surface area contributed by atoms with Crippen LogP contribution >= 0.6 is 0 Å². The minimum absolute atomic E-state index is 0.150. The van der Waals surface area contributed by atoms with E-state index in [0.717, 1.165) is 0 Å². The maximum absolute atomic E-state index is 12.1. The summed E-state index contributed by atoms with van der Waals surface area (Å²) in [6.07, 6.45) is 0.150. The number of hydrogen-bond donors (Lipinski definition) is 1. The molecular weight excluding hydrogens is 260 g/mol. The van der Waals surface area contributed by atoms with E-state index < -0.39 is 28.7 Å². The second-order valence-corrected chi connectivity index (χ2v) is 7.18. The molecule has 1 atom stereocenters. The van der Waals surface area contributed by atoms with E-state index in [2.05, 4.69) is 10.5 Å². The lowest BCUT2D eigenvalue weighted by Gasteiger charge is -2.27. The predicted molar refractivity (Wildman–Crippen MR) is 75.3 cm³/mol. The van der Waals surface area contributed by atoms with E-state index in [9.17, 15) is 9.59 Å². The minimum atomic E-state index is -1.03. The molecule has 6 heteroatoms. The van der Waals surface area contributed by atoms with Gasteiger partial charge in [0.15, 0.2) is 5.54 Å². The van der Waals surface area contributed by atoms with E-state index in [-0.39, 0.29) is 12.1 Å². The first-order valence-corrected chi connectivity index (χ1v) is 6.63. The monoisotopic (exact) mass is 284 g/mol. The molecule has 1 aliphatic heterocycles. The zero-order valence-electron chi connectivity index (χ0n) is 13.3. The molecule has 0 aliphatic carbocycles. The molecule has 0 saturated heterocycles. The Morgan fingerprint density at radius 1 is 1.10 bits per heavy atom. The number of hydrazone groups is 1.